The second kappa shape index (κ2) is 13.0. The van der Waals surface area contributed by atoms with Gasteiger partial charge in [-0.25, -0.2) is 0 Å². The normalized spacial score (nSPS) is 15.1. The molecule has 6 nitrogen and oxygen atoms in total. The van der Waals surface area contributed by atoms with Crippen molar-refractivity contribution in [3.63, 3.8) is 0 Å². The van der Waals surface area contributed by atoms with Crippen LogP contribution in [0.5, 0.6) is 11.5 Å². The first-order valence-electron chi connectivity index (χ1n) is 12.6. The van der Waals surface area contributed by atoms with Crippen LogP contribution < -0.4 is 20.9 Å². The summed E-state index contributed by atoms with van der Waals surface area (Å²) in [6, 6.07) is 12.0. The second-order valence-corrected chi connectivity index (χ2v) is 9.44. The molecule has 202 valence electrons. The van der Waals surface area contributed by atoms with E-state index in [9.17, 15) is 18.0 Å². The monoisotopic (exact) mass is 520 g/mol. The Hall–Kier alpha value is -3.04. The lowest BCUT2D eigenvalue weighted by molar-refractivity contribution is -0.274. The Morgan fingerprint density at radius 1 is 0.973 bits per heavy atom. The molecule has 0 aromatic heterocycles. The Kier molecular flexibility index (Phi) is 10.00. The van der Waals surface area contributed by atoms with Gasteiger partial charge in [-0.1, -0.05) is 30.3 Å². The number of benzene rings is 2. The Morgan fingerprint density at radius 2 is 1.68 bits per heavy atom. The number of nitrogens with two attached hydrogens (primary N) is 2. The smallest absolute Gasteiger partial charge is 0.493 e. The van der Waals surface area contributed by atoms with Crippen molar-refractivity contribution in [1.29, 1.82) is 0 Å². The van der Waals surface area contributed by atoms with Crippen molar-refractivity contribution < 1.29 is 32.2 Å². The van der Waals surface area contributed by atoms with E-state index in [4.69, 9.17) is 20.9 Å². The van der Waals surface area contributed by atoms with Crippen LogP contribution in [0.2, 0.25) is 0 Å². The molecule has 0 amide bonds. The summed E-state index contributed by atoms with van der Waals surface area (Å²) >= 11 is 0. The van der Waals surface area contributed by atoms with E-state index in [-0.39, 0.29) is 12.3 Å². The lowest BCUT2D eigenvalue weighted by atomic mass is 10.0. The van der Waals surface area contributed by atoms with Gasteiger partial charge in [0.1, 0.15) is 17.0 Å². The highest BCUT2D eigenvalue weighted by atomic mass is 19.4. The molecular weight excluding hydrogens is 485 g/mol. The SMILES string of the molecule is CC(N)(CN)C(=O)OCCCCCCOc1cccc2c1CCCC(c1ccc(OC(F)(F)F)cc1)=C2. The van der Waals surface area contributed by atoms with Crippen molar-refractivity contribution in [2.24, 2.45) is 11.5 Å². The van der Waals surface area contributed by atoms with Gasteiger partial charge in [0.2, 0.25) is 0 Å². The first kappa shape index (κ1) is 28.5. The zero-order valence-corrected chi connectivity index (χ0v) is 21.1. The predicted octanol–water partition coefficient (Wildman–Crippen LogP) is 5.62. The molecule has 2 aromatic carbocycles. The van der Waals surface area contributed by atoms with Crippen LogP contribution >= 0.6 is 0 Å². The molecule has 0 saturated heterocycles. The molecule has 1 atom stereocenters. The van der Waals surface area contributed by atoms with Crippen molar-refractivity contribution in [2.45, 2.75) is 63.8 Å². The molecule has 4 N–H and O–H groups in total. The predicted molar refractivity (Wildman–Crippen MR) is 137 cm³/mol. The molecule has 1 unspecified atom stereocenters. The van der Waals surface area contributed by atoms with Crippen molar-refractivity contribution >= 4 is 17.6 Å². The second-order valence-electron chi connectivity index (χ2n) is 9.44. The van der Waals surface area contributed by atoms with Crippen LogP contribution in [0, 0.1) is 0 Å². The van der Waals surface area contributed by atoms with Gasteiger partial charge in [0.15, 0.2) is 0 Å². The van der Waals surface area contributed by atoms with Crippen molar-refractivity contribution in [2.75, 3.05) is 19.8 Å². The molecule has 0 saturated carbocycles. The molecule has 2 aromatic rings. The zero-order valence-electron chi connectivity index (χ0n) is 21.1. The summed E-state index contributed by atoms with van der Waals surface area (Å²) in [5.41, 5.74) is 14.2. The highest BCUT2D eigenvalue weighted by molar-refractivity contribution is 5.84. The Morgan fingerprint density at radius 3 is 2.35 bits per heavy atom. The highest BCUT2D eigenvalue weighted by Gasteiger charge is 2.31. The summed E-state index contributed by atoms with van der Waals surface area (Å²) in [5.74, 6) is 0.155. The fourth-order valence-electron chi connectivity index (χ4n) is 4.09. The number of halogens is 3. The van der Waals surface area contributed by atoms with Crippen LogP contribution in [0.15, 0.2) is 42.5 Å². The average molecular weight is 521 g/mol. The summed E-state index contributed by atoms with van der Waals surface area (Å²) in [5, 5.41) is 0. The van der Waals surface area contributed by atoms with E-state index in [0.717, 1.165) is 73.0 Å². The molecule has 0 radical (unpaired) electrons. The van der Waals surface area contributed by atoms with E-state index in [1.165, 1.54) is 12.1 Å². The molecule has 9 heteroatoms. The minimum atomic E-state index is -4.70. The number of ether oxygens (including phenoxy) is 3. The largest absolute Gasteiger partial charge is 0.573 e. The number of rotatable bonds is 12. The summed E-state index contributed by atoms with van der Waals surface area (Å²) in [7, 11) is 0. The quantitative estimate of drug-likeness (QED) is 0.279. The first-order valence-corrected chi connectivity index (χ1v) is 12.6. The maximum absolute atomic E-state index is 12.4. The number of hydrogen-bond donors (Lipinski definition) is 2. The third kappa shape index (κ3) is 8.79. The van der Waals surface area contributed by atoms with Crippen molar-refractivity contribution in [1.82, 2.24) is 0 Å². The molecule has 0 aliphatic heterocycles. The fraction of sp³-hybridized carbons (Fsp3) is 0.464. The van der Waals surface area contributed by atoms with Gasteiger partial charge in [-0.3, -0.25) is 4.79 Å². The fourth-order valence-corrected chi connectivity index (χ4v) is 4.09. The number of esters is 1. The number of hydrogen-bond acceptors (Lipinski definition) is 6. The zero-order chi connectivity index (χ0) is 26.9. The molecule has 0 heterocycles. The Balaban J connectivity index is 1.49. The van der Waals surface area contributed by atoms with Crippen LogP contribution in [0.3, 0.4) is 0 Å². The maximum atomic E-state index is 12.4. The van der Waals surface area contributed by atoms with Gasteiger partial charge in [-0.2, -0.15) is 0 Å². The van der Waals surface area contributed by atoms with Crippen LogP contribution in [0.1, 0.15) is 62.1 Å². The van der Waals surface area contributed by atoms with E-state index in [1.807, 2.05) is 18.2 Å². The van der Waals surface area contributed by atoms with Gasteiger partial charge >= 0.3 is 12.3 Å². The van der Waals surface area contributed by atoms with E-state index in [2.05, 4.69) is 10.8 Å². The van der Waals surface area contributed by atoms with Crippen LogP contribution in [-0.2, 0) is 16.0 Å². The summed E-state index contributed by atoms with van der Waals surface area (Å²) in [4.78, 5) is 11.8. The van der Waals surface area contributed by atoms with Crippen molar-refractivity contribution in [3.8, 4) is 11.5 Å². The number of alkyl halides is 3. The number of carbonyl (C=O) groups excluding carboxylic acids is 1. The van der Waals surface area contributed by atoms with Crippen LogP contribution in [0.4, 0.5) is 13.2 Å². The van der Waals surface area contributed by atoms with Crippen LogP contribution in [0.25, 0.3) is 11.6 Å². The van der Waals surface area contributed by atoms with Gasteiger partial charge < -0.3 is 25.7 Å². The molecule has 1 aliphatic carbocycles. The molecule has 0 bridgehead atoms. The number of fused-ring (bicyclic) bond motifs is 1. The molecular formula is C28H35F3N2O4. The maximum Gasteiger partial charge on any atom is 0.573 e. The Labute approximate surface area is 215 Å². The summed E-state index contributed by atoms with van der Waals surface area (Å²) < 4.78 is 52.6. The van der Waals surface area contributed by atoms with Gasteiger partial charge in [0.05, 0.1) is 13.2 Å². The molecule has 0 spiro atoms. The average Bonchev–Trinajstić information content (AvgIpc) is 3.08. The third-order valence-electron chi connectivity index (χ3n) is 6.25. The van der Waals surface area contributed by atoms with E-state index in [1.54, 1.807) is 19.1 Å². The number of allylic oxidation sites excluding steroid dienone is 1. The molecule has 1 aliphatic rings. The molecule has 37 heavy (non-hydrogen) atoms. The van der Waals surface area contributed by atoms with Gasteiger partial charge in [0.25, 0.3) is 0 Å². The summed E-state index contributed by atoms with van der Waals surface area (Å²) in [6.07, 6.45) is 3.45. The lowest BCUT2D eigenvalue weighted by Gasteiger charge is -2.20. The summed E-state index contributed by atoms with van der Waals surface area (Å²) in [6.45, 7) is 2.51. The lowest BCUT2D eigenvalue weighted by Crippen LogP contribution is -2.52. The Bertz CT molecular complexity index is 1070. The third-order valence-corrected chi connectivity index (χ3v) is 6.25. The van der Waals surface area contributed by atoms with Crippen molar-refractivity contribution in [3.05, 3.63) is 59.2 Å². The first-order chi connectivity index (χ1) is 17.6. The van der Waals surface area contributed by atoms with Gasteiger partial charge in [0, 0.05) is 12.1 Å². The standard InChI is InChI=1S/C28H35F3N2O4/c1-27(33,19-32)26(34)36-17-5-3-2-4-16-35-25-11-7-9-22-18-21(8-6-10-24(22)25)20-12-14-23(15-13-20)37-28(29,30)31/h7,9,11-15,18H,2-6,8,10,16-17,19,32-33H2,1H3. The molecule has 3 rings (SSSR count). The van der Waals surface area contributed by atoms with Crippen LogP contribution in [-0.4, -0.2) is 37.6 Å². The number of unbranched alkanes of at least 4 members (excludes halogenated alkanes) is 3. The minimum Gasteiger partial charge on any atom is -0.493 e. The molecule has 0 fully saturated rings. The van der Waals surface area contributed by atoms with Gasteiger partial charge in [-0.05, 0) is 86.8 Å². The minimum absolute atomic E-state index is 0.0390. The van der Waals surface area contributed by atoms with E-state index < -0.39 is 17.9 Å². The topological polar surface area (TPSA) is 96.8 Å². The van der Waals surface area contributed by atoms with E-state index in [0.29, 0.717) is 13.2 Å². The highest BCUT2D eigenvalue weighted by Crippen LogP contribution is 2.34. The van der Waals surface area contributed by atoms with E-state index >= 15 is 0 Å². The number of carbonyl (C=O) groups is 1. The van der Waals surface area contributed by atoms with Gasteiger partial charge in [-0.15, -0.1) is 13.2 Å².